The van der Waals surface area contributed by atoms with Gasteiger partial charge in [-0.25, -0.2) is 9.59 Å². The maximum Gasteiger partial charge on any atom is 0.404 e. The first kappa shape index (κ1) is 49.5. The second-order valence-corrected chi connectivity index (χ2v) is 18.8. The van der Waals surface area contributed by atoms with Gasteiger partial charge in [0.1, 0.15) is 12.1 Å². The number of piperidine rings is 1. The van der Waals surface area contributed by atoms with E-state index >= 15 is 0 Å². The van der Waals surface area contributed by atoms with E-state index in [1.165, 1.54) is 19.3 Å². The zero-order valence-corrected chi connectivity index (χ0v) is 36.4. The van der Waals surface area contributed by atoms with E-state index in [2.05, 4.69) is 47.4 Å². The van der Waals surface area contributed by atoms with Crippen LogP contribution < -0.4 is 27.0 Å². The molecule has 2 heterocycles. The molecule has 326 valence electrons. The first-order valence-corrected chi connectivity index (χ1v) is 20.8. The van der Waals surface area contributed by atoms with Gasteiger partial charge in [-0.1, -0.05) is 111 Å². The summed E-state index contributed by atoms with van der Waals surface area (Å²) < 4.78 is 0. The van der Waals surface area contributed by atoms with Crippen molar-refractivity contribution in [3.8, 4) is 0 Å². The minimum atomic E-state index is -0.992. The summed E-state index contributed by atoms with van der Waals surface area (Å²) in [7, 11) is 0. The van der Waals surface area contributed by atoms with Crippen LogP contribution in [0.15, 0.2) is 43.0 Å². The summed E-state index contributed by atoms with van der Waals surface area (Å²) in [4.78, 5) is 76.2. The van der Waals surface area contributed by atoms with E-state index < -0.39 is 29.6 Å². The van der Waals surface area contributed by atoms with Crippen LogP contribution in [0.3, 0.4) is 0 Å². The Balaban J connectivity index is 0.000000699. The molecule has 1 aromatic rings. The summed E-state index contributed by atoms with van der Waals surface area (Å²) in [5.41, 5.74) is 4.23. The second kappa shape index (κ2) is 23.1. The molecule has 1 aromatic carbocycles. The molecule has 3 fully saturated rings. The van der Waals surface area contributed by atoms with Crippen molar-refractivity contribution in [2.24, 2.45) is 27.9 Å². The molecule has 14 nitrogen and oxygen atoms in total. The van der Waals surface area contributed by atoms with Crippen molar-refractivity contribution in [2.75, 3.05) is 19.6 Å². The fraction of sp³-hybridized carbons (Fsp3) is 0.682. The van der Waals surface area contributed by atoms with Crippen LogP contribution >= 0.6 is 0 Å². The van der Waals surface area contributed by atoms with E-state index in [9.17, 15) is 24.0 Å². The van der Waals surface area contributed by atoms with Crippen LogP contribution in [0.1, 0.15) is 125 Å². The van der Waals surface area contributed by atoms with E-state index in [0.717, 1.165) is 37.7 Å². The van der Waals surface area contributed by atoms with E-state index in [-0.39, 0.29) is 47.0 Å². The number of amides is 7. The number of primary amides is 1. The van der Waals surface area contributed by atoms with Crippen molar-refractivity contribution in [1.82, 2.24) is 31.1 Å². The topological polar surface area (TPSA) is 203 Å². The summed E-state index contributed by atoms with van der Waals surface area (Å²) in [5, 5.41) is 19.9. The zero-order chi connectivity index (χ0) is 43.7. The number of rotatable bonds is 14. The number of likely N-dealkylation sites (tertiary alicyclic amines) is 2. The Kier molecular flexibility index (Phi) is 19.7. The monoisotopic (exact) mass is 812 g/mol. The predicted molar refractivity (Wildman–Crippen MR) is 227 cm³/mol. The summed E-state index contributed by atoms with van der Waals surface area (Å²) in [6.07, 6.45) is 10.3. The average Bonchev–Trinajstić information content (AvgIpc) is 3.61. The Morgan fingerprint density at radius 2 is 1.60 bits per heavy atom. The number of hydrogen-bond acceptors (Lipinski definition) is 6. The Labute approximate surface area is 346 Å². The Morgan fingerprint density at radius 1 is 0.966 bits per heavy atom. The van der Waals surface area contributed by atoms with Crippen LogP contribution in [0, 0.1) is 22.2 Å². The lowest BCUT2D eigenvalue weighted by molar-refractivity contribution is -0.142. The molecule has 1 aliphatic carbocycles. The molecule has 4 rings (SSSR count). The molecule has 58 heavy (non-hydrogen) atoms. The molecule has 7 amide bonds. The van der Waals surface area contributed by atoms with Crippen molar-refractivity contribution in [3.63, 3.8) is 0 Å². The molecule has 0 bridgehead atoms. The number of carboxylic acid groups (broad SMARTS) is 1. The number of carbonyl (C=O) groups excluding carboxylic acids is 5. The molecular formula is C44H73N7O7. The highest BCUT2D eigenvalue weighted by atomic mass is 16.4. The minimum Gasteiger partial charge on any atom is -0.465 e. The fourth-order valence-corrected chi connectivity index (χ4v) is 7.34. The molecular weight excluding hydrogens is 739 g/mol. The largest absolute Gasteiger partial charge is 0.465 e. The molecule has 4 atom stereocenters. The second-order valence-electron chi connectivity index (χ2n) is 18.8. The van der Waals surface area contributed by atoms with Crippen LogP contribution in [0.25, 0.3) is 0 Å². The van der Waals surface area contributed by atoms with E-state index in [1.54, 1.807) is 4.90 Å². The highest BCUT2D eigenvalue weighted by Crippen LogP contribution is 2.33. The summed E-state index contributed by atoms with van der Waals surface area (Å²) in [5.74, 6) is 0.450. The lowest BCUT2D eigenvalue weighted by atomic mass is 9.80. The highest BCUT2D eigenvalue weighted by molar-refractivity contribution is 5.93. The van der Waals surface area contributed by atoms with Gasteiger partial charge in [0.25, 0.3) is 0 Å². The van der Waals surface area contributed by atoms with Crippen LogP contribution in [-0.2, 0) is 25.7 Å². The number of urea groups is 1. The average molecular weight is 812 g/mol. The third-order valence-corrected chi connectivity index (χ3v) is 11.2. The van der Waals surface area contributed by atoms with Gasteiger partial charge in [0.2, 0.25) is 24.1 Å². The van der Waals surface area contributed by atoms with E-state index in [4.69, 9.17) is 9.90 Å². The quantitative estimate of drug-likeness (QED) is 0.0984. The van der Waals surface area contributed by atoms with Crippen molar-refractivity contribution in [1.29, 1.82) is 0 Å². The maximum absolute atomic E-state index is 14.1. The van der Waals surface area contributed by atoms with Crippen LogP contribution in [0.2, 0.25) is 0 Å². The molecule has 2 aliphatic heterocycles. The normalized spacial score (nSPS) is 19.3. The van der Waals surface area contributed by atoms with Gasteiger partial charge in [-0.2, -0.15) is 0 Å². The Morgan fingerprint density at radius 3 is 2.12 bits per heavy atom. The Bertz CT molecular complexity index is 1500. The molecule has 14 heteroatoms. The number of carbonyl (C=O) groups is 6. The highest BCUT2D eigenvalue weighted by Gasteiger charge is 2.43. The zero-order valence-electron chi connectivity index (χ0n) is 36.4. The molecule has 7 N–H and O–H groups in total. The molecule has 2 saturated heterocycles. The van der Waals surface area contributed by atoms with Gasteiger partial charge >= 0.3 is 12.1 Å². The Hall–Kier alpha value is -4.62. The van der Waals surface area contributed by atoms with Crippen molar-refractivity contribution in [2.45, 2.75) is 150 Å². The van der Waals surface area contributed by atoms with Gasteiger partial charge in [0.05, 0.1) is 6.04 Å². The van der Waals surface area contributed by atoms with Crippen molar-refractivity contribution in [3.05, 3.63) is 48.6 Å². The van der Waals surface area contributed by atoms with Gasteiger partial charge in [0.15, 0.2) is 0 Å². The van der Waals surface area contributed by atoms with E-state index in [0.29, 0.717) is 44.9 Å². The molecule has 0 spiro atoms. The lowest BCUT2D eigenvalue weighted by Crippen LogP contribution is -2.62. The van der Waals surface area contributed by atoms with Crippen LogP contribution in [0.4, 0.5) is 9.59 Å². The first-order chi connectivity index (χ1) is 27.1. The van der Waals surface area contributed by atoms with Crippen molar-refractivity contribution >= 4 is 36.3 Å². The first-order valence-electron chi connectivity index (χ1n) is 20.8. The predicted octanol–water partition coefficient (Wildman–Crippen LogP) is 5.95. The standard InChI is InChI=1S/C35H61N5O4.C8H9NO2.CH3NO/c1-10-11-16-25(21-24-14-12-15-24)36-30(42)26-17-13-19-40(26)31(43)29(34(5,6)7)38-32(44)37-27(33(2,3)4)23-39-20-18-35(8,9)22-28(39)41;10-8(11)9-6-7-4-2-1-3-5-7;2-1-3/h10,24-27,29H,1,11-23H2,2-9H3,(H,36,42)(H2,37,38,44);1-5,9H,6H2,(H,10,11);1H,(H2,2,3). The van der Waals surface area contributed by atoms with Crippen LogP contribution in [0.5, 0.6) is 0 Å². The number of nitrogens with two attached hydrogens (primary N) is 1. The molecule has 0 aromatic heterocycles. The molecule has 3 aliphatic rings. The van der Waals surface area contributed by atoms with Gasteiger partial charge in [-0.05, 0) is 66.3 Å². The van der Waals surface area contributed by atoms with Gasteiger partial charge in [0, 0.05) is 38.6 Å². The maximum atomic E-state index is 14.1. The van der Waals surface area contributed by atoms with Gasteiger partial charge in [-0.15, -0.1) is 6.58 Å². The number of nitrogens with zero attached hydrogens (tertiary/aromatic N) is 2. The summed E-state index contributed by atoms with van der Waals surface area (Å²) in [6.45, 7) is 22.0. The summed E-state index contributed by atoms with van der Waals surface area (Å²) >= 11 is 0. The molecule has 4 unspecified atom stereocenters. The smallest absolute Gasteiger partial charge is 0.404 e. The number of benzene rings is 1. The summed E-state index contributed by atoms with van der Waals surface area (Å²) in [6, 6.07) is 7.36. The molecule has 1 saturated carbocycles. The van der Waals surface area contributed by atoms with E-state index in [1.807, 2.05) is 82.9 Å². The lowest BCUT2D eigenvalue weighted by Gasteiger charge is -2.41. The van der Waals surface area contributed by atoms with Crippen LogP contribution in [-0.4, -0.2) is 95.0 Å². The number of nitrogens with one attached hydrogen (secondary N) is 4. The van der Waals surface area contributed by atoms with Gasteiger partial charge in [-0.3, -0.25) is 19.2 Å². The fourth-order valence-electron chi connectivity index (χ4n) is 7.34. The third-order valence-electron chi connectivity index (χ3n) is 11.2. The minimum absolute atomic E-state index is 0.0106. The number of hydrogen-bond donors (Lipinski definition) is 6. The SMILES string of the molecule is C=CCCC(CC1CCC1)NC(=O)C1CCCN1C(=O)C(NC(=O)NC(CN1CCC(C)(C)CC1=O)C(C)(C)C)C(C)(C)C.NC=O.O=C(O)NCc1ccccc1. The molecule has 0 radical (unpaired) electrons. The third kappa shape index (κ3) is 17.1. The van der Waals surface area contributed by atoms with Gasteiger partial charge < -0.3 is 41.9 Å². The number of allylic oxidation sites excluding steroid dienone is 1. The van der Waals surface area contributed by atoms with Crippen molar-refractivity contribution < 1.29 is 33.9 Å².